The van der Waals surface area contributed by atoms with Crippen molar-refractivity contribution in [3.05, 3.63) is 0 Å². The van der Waals surface area contributed by atoms with E-state index in [1.165, 1.54) is 154 Å². The lowest BCUT2D eigenvalue weighted by atomic mass is 9.90. The molecule has 0 spiro atoms. The summed E-state index contributed by atoms with van der Waals surface area (Å²) in [5.74, 6) is 0.788. The highest BCUT2D eigenvalue weighted by molar-refractivity contribution is 5.69. The molecule has 55 heavy (non-hydrogen) atoms. The minimum Gasteiger partial charge on any atom is -0.466 e. The predicted octanol–water partition coefficient (Wildman–Crippen LogP) is 14.5. The average Bonchev–Trinajstić information content (AvgIpc) is 3.17. The first-order valence-corrected chi connectivity index (χ1v) is 24.7. The zero-order chi connectivity index (χ0) is 40.3. The van der Waals surface area contributed by atoms with Crippen molar-refractivity contribution in [1.29, 1.82) is 0 Å². The summed E-state index contributed by atoms with van der Waals surface area (Å²) in [6.07, 6.45) is 42.4. The van der Waals surface area contributed by atoms with Gasteiger partial charge in [-0.25, -0.2) is 0 Å². The molecule has 0 fully saturated rings. The molecule has 328 valence electrons. The van der Waals surface area contributed by atoms with Crippen LogP contribution in [-0.4, -0.2) is 60.9 Å². The molecule has 1 N–H and O–H groups in total. The van der Waals surface area contributed by atoms with E-state index in [1.54, 1.807) is 0 Å². The number of esters is 2. The van der Waals surface area contributed by atoms with Gasteiger partial charge in [-0.2, -0.15) is 0 Å². The van der Waals surface area contributed by atoms with E-state index in [2.05, 4.69) is 32.6 Å². The average molecular weight is 780 g/mol. The Bertz CT molecular complexity index is 765. The second kappa shape index (κ2) is 44.0. The second-order valence-corrected chi connectivity index (χ2v) is 17.0. The van der Waals surface area contributed by atoms with Gasteiger partial charge < -0.3 is 19.5 Å². The smallest absolute Gasteiger partial charge is 0.306 e. The number of aliphatic hydroxyl groups is 1. The van der Waals surface area contributed by atoms with E-state index in [0.29, 0.717) is 19.4 Å². The van der Waals surface area contributed by atoms with Gasteiger partial charge in [0.05, 0.1) is 13.2 Å². The van der Waals surface area contributed by atoms with Gasteiger partial charge in [-0.15, -0.1) is 0 Å². The first-order chi connectivity index (χ1) is 27.0. The Labute approximate surface area is 343 Å². The van der Waals surface area contributed by atoms with Crippen molar-refractivity contribution in [2.24, 2.45) is 5.92 Å². The van der Waals surface area contributed by atoms with Gasteiger partial charge in [0, 0.05) is 19.4 Å². The maximum absolute atomic E-state index is 12.7. The number of hydrogen-bond donors (Lipinski definition) is 1. The summed E-state index contributed by atoms with van der Waals surface area (Å²) in [7, 11) is 0. The van der Waals surface area contributed by atoms with Crippen LogP contribution in [0.25, 0.3) is 0 Å². The summed E-state index contributed by atoms with van der Waals surface area (Å²) in [6, 6.07) is 0. The Hall–Kier alpha value is -1.14. The van der Waals surface area contributed by atoms with Gasteiger partial charge >= 0.3 is 11.9 Å². The van der Waals surface area contributed by atoms with E-state index < -0.39 is 0 Å². The monoisotopic (exact) mass is 780 g/mol. The quantitative estimate of drug-likeness (QED) is 0.0490. The van der Waals surface area contributed by atoms with Crippen LogP contribution in [0, 0.1) is 5.92 Å². The van der Waals surface area contributed by atoms with Crippen molar-refractivity contribution in [3.63, 3.8) is 0 Å². The minimum atomic E-state index is -0.00988. The highest BCUT2D eigenvalue weighted by atomic mass is 16.5. The molecule has 0 aliphatic rings. The largest absolute Gasteiger partial charge is 0.466 e. The topological polar surface area (TPSA) is 76.1 Å². The Morgan fingerprint density at radius 1 is 0.436 bits per heavy atom. The lowest BCUT2D eigenvalue weighted by Gasteiger charge is -2.21. The molecule has 0 aliphatic carbocycles. The first-order valence-electron chi connectivity index (χ1n) is 24.7. The van der Waals surface area contributed by atoms with E-state index in [1.807, 2.05) is 0 Å². The maximum atomic E-state index is 12.7. The van der Waals surface area contributed by atoms with Gasteiger partial charge in [-0.05, 0) is 83.2 Å². The Kier molecular flexibility index (Phi) is 43.1. The fraction of sp³-hybridized carbons (Fsp3) is 0.959. The molecule has 0 unspecified atom stereocenters. The molecular weight excluding hydrogens is 683 g/mol. The molecule has 0 atom stereocenters. The summed E-state index contributed by atoms with van der Waals surface area (Å²) in [6.45, 7) is 12.7. The van der Waals surface area contributed by atoms with Crippen LogP contribution in [0.4, 0.5) is 0 Å². The number of carbonyl (C=O) groups excluding carboxylic acids is 2. The first kappa shape index (κ1) is 53.9. The van der Waals surface area contributed by atoms with Crippen molar-refractivity contribution in [2.45, 2.75) is 265 Å². The number of ether oxygens (including phenoxy) is 2. The zero-order valence-corrected chi connectivity index (χ0v) is 37.7. The van der Waals surface area contributed by atoms with Gasteiger partial charge in [-0.1, -0.05) is 182 Å². The van der Waals surface area contributed by atoms with Crippen LogP contribution >= 0.6 is 0 Å². The lowest BCUT2D eigenvalue weighted by molar-refractivity contribution is -0.150. The maximum Gasteiger partial charge on any atom is 0.306 e. The highest BCUT2D eigenvalue weighted by Gasteiger charge is 2.15. The summed E-state index contributed by atoms with van der Waals surface area (Å²) in [5.41, 5.74) is 0. The Morgan fingerprint density at radius 3 is 1.36 bits per heavy atom. The van der Waals surface area contributed by atoms with Crippen LogP contribution < -0.4 is 0 Å². The number of unbranched alkanes of at least 4 members (excludes halogenated alkanes) is 22. The molecule has 0 saturated heterocycles. The van der Waals surface area contributed by atoms with Crippen LogP contribution in [0.1, 0.15) is 259 Å². The molecule has 0 aromatic carbocycles. The zero-order valence-electron chi connectivity index (χ0n) is 37.7. The van der Waals surface area contributed by atoms with E-state index in [4.69, 9.17) is 9.47 Å². The third kappa shape index (κ3) is 39.5. The van der Waals surface area contributed by atoms with Crippen molar-refractivity contribution in [2.75, 3.05) is 32.8 Å². The molecular formula is C49H97NO5. The van der Waals surface area contributed by atoms with E-state index in [0.717, 1.165) is 89.8 Å². The van der Waals surface area contributed by atoms with Gasteiger partial charge in [0.2, 0.25) is 0 Å². The fourth-order valence-corrected chi connectivity index (χ4v) is 7.98. The predicted molar refractivity (Wildman–Crippen MR) is 237 cm³/mol. The molecule has 0 saturated carbocycles. The van der Waals surface area contributed by atoms with Gasteiger partial charge in [0.1, 0.15) is 6.10 Å². The Morgan fingerprint density at radius 2 is 0.836 bits per heavy atom. The Balaban J connectivity index is 4.03. The van der Waals surface area contributed by atoms with E-state index in [-0.39, 0.29) is 24.6 Å². The molecule has 0 heterocycles. The normalized spacial score (nSPS) is 11.7. The van der Waals surface area contributed by atoms with Crippen molar-refractivity contribution in [3.8, 4) is 0 Å². The summed E-state index contributed by atoms with van der Waals surface area (Å²) in [5, 5.41) is 9.59. The van der Waals surface area contributed by atoms with Crippen LogP contribution in [0.15, 0.2) is 0 Å². The third-order valence-corrected chi connectivity index (χ3v) is 11.6. The van der Waals surface area contributed by atoms with Crippen LogP contribution in [0.2, 0.25) is 0 Å². The molecule has 0 radical (unpaired) electrons. The number of rotatable bonds is 45. The van der Waals surface area contributed by atoms with Crippen molar-refractivity contribution >= 4 is 11.9 Å². The van der Waals surface area contributed by atoms with E-state index in [9.17, 15) is 14.7 Å². The lowest BCUT2D eigenvalue weighted by Crippen LogP contribution is -2.29. The van der Waals surface area contributed by atoms with Gasteiger partial charge in [0.15, 0.2) is 0 Å². The molecule has 0 aromatic heterocycles. The van der Waals surface area contributed by atoms with Gasteiger partial charge in [-0.3, -0.25) is 9.59 Å². The van der Waals surface area contributed by atoms with Crippen molar-refractivity contribution < 1.29 is 24.2 Å². The SMILES string of the molecule is CCCCCCCCC(CCCCCCCC)OC(=O)CCCCCCCN(CCO)CCCCCCCOC(=O)CCCC(CCCCC)CCCCC. The van der Waals surface area contributed by atoms with Crippen LogP contribution in [0.3, 0.4) is 0 Å². The second-order valence-electron chi connectivity index (χ2n) is 17.0. The third-order valence-electron chi connectivity index (χ3n) is 11.6. The van der Waals surface area contributed by atoms with Crippen LogP contribution in [0.5, 0.6) is 0 Å². The summed E-state index contributed by atoms with van der Waals surface area (Å²) in [4.78, 5) is 27.4. The molecule has 6 heteroatoms. The van der Waals surface area contributed by atoms with Crippen molar-refractivity contribution in [1.82, 2.24) is 4.90 Å². The molecule has 6 nitrogen and oxygen atoms in total. The highest BCUT2D eigenvalue weighted by Crippen LogP contribution is 2.23. The fourth-order valence-electron chi connectivity index (χ4n) is 7.98. The number of hydrogen-bond acceptors (Lipinski definition) is 6. The molecule has 0 bridgehead atoms. The molecule has 0 aromatic rings. The molecule has 0 rings (SSSR count). The summed E-state index contributed by atoms with van der Waals surface area (Å²) < 4.78 is 11.6. The van der Waals surface area contributed by atoms with E-state index >= 15 is 0 Å². The standard InChI is InChI=1S/C49H97NO5/c1-5-9-13-15-19-27-37-47(38-28-20-16-14-10-6-2)55-49(53)39-29-21-17-22-30-41-50(43-44-51)42-31-23-18-24-32-45-54-48(52)40-33-36-46(34-25-11-7-3)35-26-12-8-4/h46-47,51H,5-45H2,1-4H3. The molecule has 0 aliphatic heterocycles. The minimum absolute atomic E-state index is 0.00988. The number of carbonyl (C=O) groups is 2. The van der Waals surface area contributed by atoms with Crippen LogP contribution in [-0.2, 0) is 19.1 Å². The number of aliphatic hydroxyl groups excluding tert-OH is 1. The van der Waals surface area contributed by atoms with Gasteiger partial charge in [0.25, 0.3) is 0 Å². The number of nitrogens with zero attached hydrogens (tertiary/aromatic N) is 1. The molecule has 0 amide bonds. The summed E-state index contributed by atoms with van der Waals surface area (Å²) >= 11 is 0.